The molecule has 0 saturated heterocycles. The van der Waals surface area contributed by atoms with E-state index in [0.29, 0.717) is 0 Å². The number of hydrogen-bond donors (Lipinski definition) is 0. The standard InChI is InChI=1S/C11H23O2Si/c1-4-5-6-7-8-9-10-14(2,3)13-11-12/h4-10H2,1-3H3. The molecule has 0 aliphatic rings. The topological polar surface area (TPSA) is 26.3 Å². The average molecular weight is 215 g/mol. The smallest absolute Gasteiger partial charge is 0.402 e. The van der Waals surface area contributed by atoms with E-state index in [2.05, 4.69) is 20.0 Å². The van der Waals surface area contributed by atoms with E-state index in [4.69, 9.17) is 4.43 Å². The Morgan fingerprint density at radius 1 is 1.07 bits per heavy atom. The lowest BCUT2D eigenvalue weighted by molar-refractivity contribution is 0.435. The maximum atomic E-state index is 10.1. The first-order valence-electron chi connectivity index (χ1n) is 5.67. The highest BCUT2D eigenvalue weighted by Crippen LogP contribution is 2.16. The van der Waals surface area contributed by atoms with Crippen LogP contribution in [-0.2, 0) is 9.22 Å². The van der Waals surface area contributed by atoms with Gasteiger partial charge in [-0.3, -0.25) is 0 Å². The van der Waals surface area contributed by atoms with Gasteiger partial charge in [-0.05, 0) is 19.1 Å². The minimum Gasteiger partial charge on any atom is -0.511 e. The summed E-state index contributed by atoms with van der Waals surface area (Å²) in [5, 5.41) is 0. The predicted molar refractivity (Wildman–Crippen MR) is 62.4 cm³/mol. The Labute approximate surface area is 89.2 Å². The van der Waals surface area contributed by atoms with Crippen LogP contribution in [0.5, 0.6) is 0 Å². The fraction of sp³-hybridized carbons (Fsp3) is 0.909. The van der Waals surface area contributed by atoms with E-state index in [9.17, 15) is 4.79 Å². The van der Waals surface area contributed by atoms with E-state index >= 15 is 0 Å². The van der Waals surface area contributed by atoms with Crippen LogP contribution in [0.15, 0.2) is 0 Å². The molecule has 0 aromatic heterocycles. The molecule has 3 heteroatoms. The third-order valence-electron chi connectivity index (χ3n) is 2.45. The van der Waals surface area contributed by atoms with Crippen LogP contribution in [0.4, 0.5) is 0 Å². The van der Waals surface area contributed by atoms with Crippen molar-refractivity contribution in [2.45, 2.75) is 64.6 Å². The van der Waals surface area contributed by atoms with Crippen molar-refractivity contribution in [3.05, 3.63) is 0 Å². The Morgan fingerprint density at radius 3 is 2.21 bits per heavy atom. The van der Waals surface area contributed by atoms with Crippen LogP contribution in [0.25, 0.3) is 0 Å². The van der Waals surface area contributed by atoms with Crippen molar-refractivity contribution in [2.75, 3.05) is 0 Å². The van der Waals surface area contributed by atoms with Gasteiger partial charge in [-0.1, -0.05) is 45.4 Å². The van der Waals surface area contributed by atoms with Crippen LogP contribution in [0.2, 0.25) is 19.1 Å². The fourth-order valence-corrected chi connectivity index (χ4v) is 2.92. The molecule has 0 heterocycles. The first kappa shape index (κ1) is 13.7. The summed E-state index contributed by atoms with van der Waals surface area (Å²) in [6.45, 7) is 7.95. The van der Waals surface area contributed by atoms with E-state index in [0.717, 1.165) is 6.04 Å². The summed E-state index contributed by atoms with van der Waals surface area (Å²) in [5.74, 6) is 0. The van der Waals surface area contributed by atoms with E-state index in [-0.39, 0.29) is 0 Å². The van der Waals surface area contributed by atoms with E-state index in [1.54, 1.807) is 6.47 Å². The molecule has 0 aromatic rings. The van der Waals surface area contributed by atoms with Gasteiger partial charge in [0, 0.05) is 0 Å². The second-order valence-electron chi connectivity index (χ2n) is 4.46. The summed E-state index contributed by atoms with van der Waals surface area (Å²) in [4.78, 5) is 10.1. The molecule has 2 nitrogen and oxygen atoms in total. The highest BCUT2D eigenvalue weighted by atomic mass is 28.4. The Balaban J connectivity index is 3.30. The largest absolute Gasteiger partial charge is 0.511 e. The Morgan fingerprint density at radius 2 is 1.64 bits per heavy atom. The minimum absolute atomic E-state index is 1.08. The number of hydrogen-bond acceptors (Lipinski definition) is 2. The van der Waals surface area contributed by atoms with E-state index in [1.807, 2.05) is 0 Å². The molecule has 0 aliphatic heterocycles. The zero-order valence-corrected chi connectivity index (χ0v) is 10.8. The zero-order chi connectivity index (χ0) is 10.9. The highest BCUT2D eigenvalue weighted by molar-refractivity contribution is 6.72. The molecule has 0 spiro atoms. The fourth-order valence-electron chi connectivity index (χ4n) is 1.49. The molecule has 0 unspecified atom stereocenters. The average Bonchev–Trinajstić information content (AvgIpc) is 2.11. The summed E-state index contributed by atoms with van der Waals surface area (Å²) in [6.07, 6.45) is 7.79. The molecule has 0 bridgehead atoms. The second-order valence-corrected chi connectivity index (χ2v) is 8.69. The van der Waals surface area contributed by atoms with Crippen molar-refractivity contribution in [3.63, 3.8) is 0 Å². The molecule has 1 radical (unpaired) electrons. The molecule has 0 aliphatic carbocycles. The lowest BCUT2D eigenvalue weighted by atomic mass is 10.1. The molecule has 83 valence electrons. The Bertz CT molecular complexity index is 146. The SMILES string of the molecule is CCCCCCCC[Si](C)(C)O[C]=O. The van der Waals surface area contributed by atoms with Gasteiger partial charge < -0.3 is 4.43 Å². The lowest BCUT2D eigenvalue weighted by Gasteiger charge is -2.18. The molecular formula is C11H23O2Si. The van der Waals surface area contributed by atoms with Gasteiger partial charge in [0.2, 0.25) is 8.32 Å². The quantitative estimate of drug-likeness (QED) is 0.433. The van der Waals surface area contributed by atoms with Crippen LogP contribution in [-0.4, -0.2) is 14.8 Å². The number of carbonyl (C=O) groups excluding carboxylic acids is 1. The Hall–Kier alpha value is -0.313. The molecule has 0 aromatic carbocycles. The van der Waals surface area contributed by atoms with Gasteiger partial charge >= 0.3 is 6.47 Å². The van der Waals surface area contributed by atoms with Gasteiger partial charge in [0.25, 0.3) is 0 Å². The monoisotopic (exact) mass is 215 g/mol. The number of unbranched alkanes of at least 4 members (excludes halogenated alkanes) is 5. The molecule has 0 saturated carbocycles. The van der Waals surface area contributed by atoms with Gasteiger partial charge in [0.1, 0.15) is 0 Å². The molecule has 0 amide bonds. The lowest BCUT2D eigenvalue weighted by Crippen LogP contribution is -2.29. The first-order chi connectivity index (χ1) is 6.62. The number of rotatable bonds is 9. The van der Waals surface area contributed by atoms with Gasteiger partial charge in [0.05, 0.1) is 0 Å². The van der Waals surface area contributed by atoms with Crippen molar-refractivity contribution < 1.29 is 9.22 Å². The molecule has 0 fully saturated rings. The van der Waals surface area contributed by atoms with Crippen LogP contribution >= 0.6 is 0 Å². The van der Waals surface area contributed by atoms with Gasteiger partial charge in [-0.15, -0.1) is 0 Å². The zero-order valence-electron chi connectivity index (χ0n) is 9.77. The van der Waals surface area contributed by atoms with Gasteiger partial charge in [-0.25, -0.2) is 4.79 Å². The molecule has 0 N–H and O–H groups in total. The summed E-state index contributed by atoms with van der Waals surface area (Å²) >= 11 is 0. The van der Waals surface area contributed by atoms with Crippen molar-refractivity contribution >= 4 is 14.8 Å². The molecular weight excluding hydrogens is 192 g/mol. The first-order valence-corrected chi connectivity index (χ1v) is 8.79. The van der Waals surface area contributed by atoms with Crippen LogP contribution in [0.1, 0.15) is 45.4 Å². The summed E-state index contributed by atoms with van der Waals surface area (Å²) in [5.41, 5.74) is 0. The van der Waals surface area contributed by atoms with Crippen molar-refractivity contribution in [1.29, 1.82) is 0 Å². The van der Waals surface area contributed by atoms with E-state index in [1.165, 1.54) is 38.5 Å². The Kier molecular flexibility index (Phi) is 7.85. The molecule has 0 atom stereocenters. The normalized spacial score (nSPS) is 11.4. The van der Waals surface area contributed by atoms with E-state index < -0.39 is 8.32 Å². The molecule has 14 heavy (non-hydrogen) atoms. The van der Waals surface area contributed by atoms with Gasteiger partial charge in [-0.2, -0.15) is 0 Å². The van der Waals surface area contributed by atoms with Gasteiger partial charge in [0.15, 0.2) is 0 Å². The minimum atomic E-state index is -1.70. The van der Waals surface area contributed by atoms with Crippen LogP contribution in [0, 0.1) is 0 Å². The third-order valence-corrected chi connectivity index (χ3v) is 4.64. The van der Waals surface area contributed by atoms with Crippen LogP contribution in [0.3, 0.4) is 0 Å². The maximum Gasteiger partial charge on any atom is 0.402 e. The van der Waals surface area contributed by atoms with Crippen molar-refractivity contribution in [2.24, 2.45) is 0 Å². The summed E-state index contributed by atoms with van der Waals surface area (Å²) in [6, 6.07) is 1.08. The predicted octanol–water partition coefficient (Wildman–Crippen LogP) is 3.64. The highest BCUT2D eigenvalue weighted by Gasteiger charge is 2.22. The third kappa shape index (κ3) is 8.29. The van der Waals surface area contributed by atoms with Crippen LogP contribution < -0.4 is 0 Å². The summed E-state index contributed by atoms with van der Waals surface area (Å²) < 4.78 is 4.99. The van der Waals surface area contributed by atoms with Crippen molar-refractivity contribution in [1.82, 2.24) is 0 Å². The maximum absolute atomic E-state index is 10.1. The second kappa shape index (κ2) is 8.03. The molecule has 0 rings (SSSR count). The van der Waals surface area contributed by atoms with Crippen molar-refractivity contribution in [3.8, 4) is 0 Å². The summed E-state index contributed by atoms with van der Waals surface area (Å²) in [7, 11) is -1.70.